The third kappa shape index (κ3) is 2.46. The van der Waals surface area contributed by atoms with E-state index in [1.807, 2.05) is 18.2 Å². The Hall–Kier alpha value is -3.15. The number of fused-ring (bicyclic) bond motifs is 1. The van der Waals surface area contributed by atoms with Crippen molar-refractivity contribution in [2.45, 2.75) is 0 Å². The maximum absolute atomic E-state index is 10.8. The van der Waals surface area contributed by atoms with Crippen molar-refractivity contribution in [3.05, 3.63) is 54.1 Å². The fourth-order valence-electron chi connectivity index (χ4n) is 2.02. The number of para-hydroxylation sites is 1. The van der Waals surface area contributed by atoms with Crippen LogP contribution in [0.2, 0.25) is 0 Å². The zero-order valence-corrected chi connectivity index (χ0v) is 10.8. The Morgan fingerprint density at radius 3 is 2.71 bits per heavy atom. The maximum Gasteiger partial charge on any atom is 0.218 e. The molecule has 0 bridgehead atoms. The van der Waals surface area contributed by atoms with E-state index in [0.29, 0.717) is 11.4 Å². The third-order valence-electron chi connectivity index (χ3n) is 3.01. The molecule has 0 aliphatic rings. The Labute approximate surface area is 119 Å². The largest absolute Gasteiger partial charge is 0.545 e. The topological polar surface area (TPSA) is 101 Å². The lowest BCUT2D eigenvalue weighted by molar-refractivity contribution is -0.255. The minimum atomic E-state index is -1.28. The van der Waals surface area contributed by atoms with Gasteiger partial charge in [0.05, 0.1) is 17.2 Å². The molecule has 0 saturated heterocycles. The Bertz CT molecular complexity index is 852. The van der Waals surface area contributed by atoms with Gasteiger partial charge < -0.3 is 20.0 Å². The second-order valence-electron chi connectivity index (χ2n) is 4.41. The summed E-state index contributed by atoms with van der Waals surface area (Å²) in [7, 11) is 0. The van der Waals surface area contributed by atoms with Gasteiger partial charge in [0.2, 0.25) is 5.88 Å². The number of benzene rings is 2. The molecule has 0 aliphatic heterocycles. The van der Waals surface area contributed by atoms with Gasteiger partial charge in [-0.15, -0.1) is 5.11 Å². The number of nitrogens with one attached hydrogen (secondary N) is 1. The summed E-state index contributed by atoms with van der Waals surface area (Å²) in [5, 5.41) is 29.3. The molecule has 2 aromatic carbocycles. The van der Waals surface area contributed by atoms with Crippen LogP contribution in [0.1, 0.15) is 10.4 Å². The first kappa shape index (κ1) is 12.9. The smallest absolute Gasteiger partial charge is 0.218 e. The summed E-state index contributed by atoms with van der Waals surface area (Å²) in [4.78, 5) is 13.6. The SMILES string of the molecule is O=C([O-])c1cccc(N=Nc2c(O)[nH]c3ccccc23)c1. The summed E-state index contributed by atoms with van der Waals surface area (Å²) in [5.74, 6) is -1.36. The van der Waals surface area contributed by atoms with Crippen molar-refractivity contribution in [1.82, 2.24) is 4.98 Å². The molecule has 6 nitrogen and oxygen atoms in total. The lowest BCUT2D eigenvalue weighted by Crippen LogP contribution is -2.21. The van der Waals surface area contributed by atoms with Gasteiger partial charge >= 0.3 is 0 Å². The first-order chi connectivity index (χ1) is 10.1. The Morgan fingerprint density at radius 2 is 1.90 bits per heavy atom. The van der Waals surface area contributed by atoms with Crippen LogP contribution in [0.3, 0.4) is 0 Å². The summed E-state index contributed by atoms with van der Waals surface area (Å²) >= 11 is 0. The lowest BCUT2D eigenvalue weighted by Gasteiger charge is -2.01. The summed E-state index contributed by atoms with van der Waals surface area (Å²) in [6.45, 7) is 0. The lowest BCUT2D eigenvalue weighted by atomic mass is 10.2. The Kier molecular flexibility index (Phi) is 3.12. The van der Waals surface area contributed by atoms with E-state index < -0.39 is 5.97 Å². The molecule has 3 rings (SSSR count). The number of aromatic amines is 1. The van der Waals surface area contributed by atoms with Gasteiger partial charge in [-0.3, -0.25) is 0 Å². The number of rotatable bonds is 3. The van der Waals surface area contributed by atoms with E-state index in [2.05, 4.69) is 15.2 Å². The van der Waals surface area contributed by atoms with Gasteiger partial charge in [-0.1, -0.05) is 30.3 Å². The number of aromatic nitrogens is 1. The molecule has 3 aromatic rings. The van der Waals surface area contributed by atoms with Crippen LogP contribution in [0.4, 0.5) is 11.4 Å². The highest BCUT2D eigenvalue weighted by molar-refractivity contribution is 5.94. The number of azo groups is 1. The number of aromatic hydroxyl groups is 1. The summed E-state index contributed by atoms with van der Waals surface area (Å²) in [6, 6.07) is 13.2. The van der Waals surface area contributed by atoms with Gasteiger partial charge in [0, 0.05) is 5.39 Å². The minimum Gasteiger partial charge on any atom is -0.545 e. The van der Waals surface area contributed by atoms with Gasteiger partial charge in [-0.2, -0.15) is 5.11 Å². The van der Waals surface area contributed by atoms with Crippen molar-refractivity contribution in [2.75, 3.05) is 0 Å². The predicted molar refractivity (Wildman–Crippen MR) is 74.9 cm³/mol. The number of H-pyrrole nitrogens is 1. The zero-order valence-electron chi connectivity index (χ0n) is 10.8. The van der Waals surface area contributed by atoms with Crippen molar-refractivity contribution in [3.8, 4) is 5.88 Å². The van der Waals surface area contributed by atoms with Crippen LogP contribution < -0.4 is 5.11 Å². The molecule has 1 heterocycles. The van der Waals surface area contributed by atoms with Crippen LogP contribution in [0.25, 0.3) is 10.9 Å². The van der Waals surface area contributed by atoms with Crippen molar-refractivity contribution in [1.29, 1.82) is 0 Å². The summed E-state index contributed by atoms with van der Waals surface area (Å²) in [6.07, 6.45) is 0. The molecule has 0 spiro atoms. The molecule has 0 amide bonds. The highest BCUT2D eigenvalue weighted by atomic mass is 16.4. The van der Waals surface area contributed by atoms with Gasteiger partial charge in [-0.25, -0.2) is 0 Å². The van der Waals surface area contributed by atoms with Crippen molar-refractivity contribution in [2.24, 2.45) is 10.2 Å². The monoisotopic (exact) mass is 280 g/mol. The van der Waals surface area contributed by atoms with E-state index in [4.69, 9.17) is 0 Å². The Morgan fingerprint density at radius 1 is 1.10 bits per heavy atom. The molecule has 21 heavy (non-hydrogen) atoms. The molecule has 0 aliphatic carbocycles. The van der Waals surface area contributed by atoms with E-state index in [1.54, 1.807) is 18.2 Å². The number of carboxylic acid groups (broad SMARTS) is 1. The van der Waals surface area contributed by atoms with Crippen molar-refractivity contribution >= 4 is 28.2 Å². The first-order valence-electron chi connectivity index (χ1n) is 6.18. The first-order valence-corrected chi connectivity index (χ1v) is 6.18. The quantitative estimate of drug-likeness (QED) is 0.721. The molecule has 0 fully saturated rings. The maximum atomic E-state index is 10.8. The number of aromatic carboxylic acids is 1. The molecule has 0 unspecified atom stereocenters. The second kappa shape index (κ2) is 5.09. The molecule has 6 heteroatoms. The van der Waals surface area contributed by atoms with E-state index in [9.17, 15) is 15.0 Å². The van der Waals surface area contributed by atoms with Crippen LogP contribution in [-0.2, 0) is 0 Å². The van der Waals surface area contributed by atoms with E-state index in [0.717, 1.165) is 10.9 Å². The van der Waals surface area contributed by atoms with Crippen LogP contribution in [0.15, 0.2) is 58.8 Å². The van der Waals surface area contributed by atoms with E-state index in [1.165, 1.54) is 12.1 Å². The van der Waals surface area contributed by atoms with Crippen LogP contribution in [0, 0.1) is 0 Å². The molecule has 0 atom stereocenters. The van der Waals surface area contributed by atoms with Gasteiger partial charge in [0.25, 0.3) is 0 Å². The molecule has 0 saturated carbocycles. The van der Waals surface area contributed by atoms with Gasteiger partial charge in [-0.05, 0) is 23.8 Å². The summed E-state index contributed by atoms with van der Waals surface area (Å²) < 4.78 is 0. The van der Waals surface area contributed by atoms with Gasteiger partial charge in [0.1, 0.15) is 0 Å². The zero-order chi connectivity index (χ0) is 14.8. The number of hydrogen-bond acceptors (Lipinski definition) is 5. The highest BCUT2D eigenvalue weighted by Crippen LogP contribution is 2.36. The standard InChI is InChI=1S/C15H11N3O3/c19-14-13(11-6-1-2-7-12(11)16-14)18-17-10-5-3-4-9(8-10)15(20)21/h1-8,16,19H,(H,20,21)/p-1. The minimum absolute atomic E-state index is 0.0228. The number of nitrogens with zero attached hydrogens (tertiary/aromatic N) is 2. The molecule has 104 valence electrons. The number of carboxylic acids is 1. The number of carbonyl (C=O) groups is 1. The second-order valence-corrected chi connectivity index (χ2v) is 4.41. The average molecular weight is 280 g/mol. The van der Waals surface area contributed by atoms with E-state index >= 15 is 0 Å². The fourth-order valence-corrected chi connectivity index (χ4v) is 2.02. The molecular formula is C15H10N3O3-. The van der Waals surface area contributed by atoms with Crippen LogP contribution in [-0.4, -0.2) is 16.1 Å². The normalized spacial score (nSPS) is 11.2. The average Bonchev–Trinajstić information content (AvgIpc) is 2.81. The predicted octanol–water partition coefficient (Wildman–Crippen LogP) is 2.65. The van der Waals surface area contributed by atoms with Gasteiger partial charge in [0.15, 0.2) is 5.69 Å². The molecular weight excluding hydrogens is 270 g/mol. The third-order valence-corrected chi connectivity index (χ3v) is 3.01. The van der Waals surface area contributed by atoms with E-state index in [-0.39, 0.29) is 11.4 Å². The van der Waals surface area contributed by atoms with Crippen LogP contribution in [0.5, 0.6) is 5.88 Å². The van der Waals surface area contributed by atoms with Crippen LogP contribution >= 0.6 is 0 Å². The summed E-state index contributed by atoms with van der Waals surface area (Å²) in [5.41, 5.74) is 1.44. The van der Waals surface area contributed by atoms with Crippen molar-refractivity contribution < 1.29 is 15.0 Å². The highest BCUT2D eigenvalue weighted by Gasteiger charge is 2.09. The molecule has 1 aromatic heterocycles. The van der Waals surface area contributed by atoms with Crippen molar-refractivity contribution in [3.63, 3.8) is 0 Å². The number of hydrogen-bond donors (Lipinski definition) is 2. The Balaban J connectivity index is 2.00. The fraction of sp³-hybridized carbons (Fsp3) is 0. The molecule has 0 radical (unpaired) electrons. The molecule has 2 N–H and O–H groups in total. The number of carbonyl (C=O) groups excluding carboxylic acids is 1.